The molecular weight excluding hydrogens is 386 g/mol. The Hall–Kier alpha value is 0.0700. The lowest BCUT2D eigenvalue weighted by molar-refractivity contribution is 1.26. The third-order valence-electron chi connectivity index (χ3n) is 2.27. The van der Waals surface area contributed by atoms with E-state index in [1.165, 1.54) is 11.1 Å². The van der Waals surface area contributed by atoms with Crippen molar-refractivity contribution < 1.29 is 0 Å². The maximum atomic E-state index is 4.51. The van der Waals surface area contributed by atoms with Gasteiger partial charge in [-0.25, -0.2) is 4.98 Å². The summed E-state index contributed by atoms with van der Waals surface area (Å²) in [5.41, 5.74) is 3.39. The zero-order chi connectivity index (χ0) is 11.0. The number of rotatable bonds is 1. The second-order valence-corrected chi connectivity index (χ2v) is 5.53. The average molecular weight is 394 g/mol. The molecule has 0 atom stereocenters. The number of nitrogens with zero attached hydrogens (tertiary/aromatic N) is 1. The van der Waals surface area contributed by atoms with Gasteiger partial charge < -0.3 is 0 Å². The van der Waals surface area contributed by atoms with E-state index >= 15 is 0 Å². The van der Waals surface area contributed by atoms with E-state index < -0.39 is 0 Å². The molecule has 0 fully saturated rings. The fourth-order valence-electron chi connectivity index (χ4n) is 1.41. The molecule has 0 spiro atoms. The average Bonchev–Trinajstić information content (AvgIpc) is 2.20. The van der Waals surface area contributed by atoms with E-state index in [1.807, 2.05) is 0 Å². The number of hydrogen-bond donors (Lipinski definition) is 0. The van der Waals surface area contributed by atoms with Gasteiger partial charge in [-0.05, 0) is 52.2 Å². The first-order valence-corrected chi connectivity index (χ1v) is 7.14. The van der Waals surface area contributed by atoms with Crippen LogP contribution in [0.15, 0.2) is 27.3 Å². The lowest BCUT2D eigenvalue weighted by Crippen LogP contribution is -1.88. The lowest BCUT2D eigenvalue weighted by atomic mass is 10.1. The van der Waals surface area contributed by atoms with Crippen LogP contribution >= 0.6 is 47.8 Å². The van der Waals surface area contributed by atoms with Gasteiger partial charge in [0, 0.05) is 15.2 Å². The monoisotopic (exact) mass is 391 g/mol. The van der Waals surface area contributed by atoms with Crippen LogP contribution in [0.5, 0.6) is 0 Å². The number of benzene rings is 1. The van der Waals surface area contributed by atoms with E-state index in [1.54, 1.807) is 0 Å². The molecule has 0 aliphatic carbocycles. The van der Waals surface area contributed by atoms with Crippen molar-refractivity contribution in [2.24, 2.45) is 0 Å². The summed E-state index contributed by atoms with van der Waals surface area (Å²) in [5.74, 6) is 0. The lowest BCUT2D eigenvalue weighted by Gasteiger charge is -2.05. The van der Waals surface area contributed by atoms with Crippen molar-refractivity contribution in [1.29, 1.82) is 0 Å². The Labute approximate surface area is 114 Å². The van der Waals surface area contributed by atoms with E-state index in [-0.39, 0.29) is 0 Å². The molecule has 0 aliphatic heterocycles. The van der Waals surface area contributed by atoms with Crippen LogP contribution in [0, 0.1) is 6.92 Å². The maximum Gasteiger partial charge on any atom is 0.110 e. The topological polar surface area (TPSA) is 12.9 Å². The molecule has 78 valence electrons. The number of halogens is 3. The number of aryl methyl sites for hydroxylation is 1. The molecule has 0 amide bonds. The molecule has 1 nitrogen and oxygen atoms in total. The minimum atomic E-state index is 0.808. The Morgan fingerprint density at radius 2 is 1.93 bits per heavy atom. The largest absolute Gasteiger partial charge is 0.241 e. The first-order chi connectivity index (χ1) is 7.11. The van der Waals surface area contributed by atoms with Gasteiger partial charge >= 0.3 is 0 Å². The van der Waals surface area contributed by atoms with Gasteiger partial charge in [-0.3, -0.25) is 0 Å². The highest BCUT2D eigenvalue weighted by molar-refractivity contribution is 9.11. The second-order valence-electron chi connectivity index (χ2n) is 3.37. The molecule has 0 unspecified atom stereocenters. The highest BCUT2D eigenvalue weighted by atomic mass is 79.9. The third-order valence-corrected chi connectivity index (χ3v) is 4.41. The van der Waals surface area contributed by atoms with Gasteiger partial charge in [-0.15, -0.1) is 0 Å². The van der Waals surface area contributed by atoms with E-state index in [9.17, 15) is 0 Å². The highest BCUT2D eigenvalue weighted by Gasteiger charge is 2.05. The summed E-state index contributed by atoms with van der Waals surface area (Å²) < 4.78 is 2.04. The first kappa shape index (κ1) is 11.6. The summed E-state index contributed by atoms with van der Waals surface area (Å²) >= 11 is 10.4. The number of aromatic nitrogens is 1. The second kappa shape index (κ2) is 4.52. The summed E-state index contributed by atoms with van der Waals surface area (Å²) in [6.45, 7) is 2.07. The van der Waals surface area contributed by atoms with Gasteiger partial charge in [0.25, 0.3) is 0 Å². The van der Waals surface area contributed by atoms with Crippen molar-refractivity contribution in [1.82, 2.24) is 4.98 Å². The number of pyridine rings is 1. The Kier molecular flexibility index (Phi) is 3.48. The number of alkyl halides is 1. The smallest absolute Gasteiger partial charge is 0.110 e. The van der Waals surface area contributed by atoms with E-state index in [0.29, 0.717) is 0 Å². The van der Waals surface area contributed by atoms with Crippen molar-refractivity contribution in [3.8, 4) is 0 Å². The van der Waals surface area contributed by atoms with Gasteiger partial charge in [0.1, 0.15) is 4.60 Å². The van der Waals surface area contributed by atoms with Gasteiger partial charge in [0.15, 0.2) is 0 Å². The van der Waals surface area contributed by atoms with Crippen LogP contribution in [0.25, 0.3) is 10.9 Å². The molecule has 0 saturated carbocycles. The molecule has 1 aromatic heterocycles. The number of fused-ring (bicyclic) bond motifs is 1. The Morgan fingerprint density at radius 3 is 2.60 bits per heavy atom. The summed E-state index contributed by atoms with van der Waals surface area (Å²) in [7, 11) is 0. The van der Waals surface area contributed by atoms with Crippen LogP contribution in [0.1, 0.15) is 11.1 Å². The highest BCUT2D eigenvalue weighted by Crippen LogP contribution is 2.27. The minimum Gasteiger partial charge on any atom is -0.241 e. The molecule has 0 radical (unpaired) electrons. The zero-order valence-electron chi connectivity index (χ0n) is 8.02. The van der Waals surface area contributed by atoms with Crippen molar-refractivity contribution in [3.05, 3.63) is 38.4 Å². The fourth-order valence-corrected chi connectivity index (χ4v) is 3.02. The van der Waals surface area contributed by atoms with E-state index in [4.69, 9.17) is 0 Å². The van der Waals surface area contributed by atoms with Crippen molar-refractivity contribution in [3.63, 3.8) is 0 Å². The molecule has 1 heterocycles. The van der Waals surface area contributed by atoms with Crippen LogP contribution in [-0.4, -0.2) is 4.98 Å². The fraction of sp³-hybridized carbons (Fsp3) is 0.182. The molecule has 0 saturated heterocycles. The predicted octanol–water partition coefficient (Wildman–Crippen LogP) is 4.96. The van der Waals surface area contributed by atoms with E-state index in [2.05, 4.69) is 77.9 Å². The third kappa shape index (κ3) is 2.27. The van der Waals surface area contributed by atoms with Crippen LogP contribution in [-0.2, 0) is 5.33 Å². The molecule has 0 N–H and O–H groups in total. The normalized spacial score (nSPS) is 10.9. The Balaban J connectivity index is 2.76. The quantitative estimate of drug-likeness (QED) is 0.492. The Bertz CT molecular complexity index is 523. The summed E-state index contributed by atoms with van der Waals surface area (Å²) in [6.07, 6.45) is 0. The molecular formula is C11H8Br3N. The molecule has 4 heteroatoms. The summed E-state index contributed by atoms with van der Waals surface area (Å²) in [4.78, 5) is 4.51. The van der Waals surface area contributed by atoms with E-state index in [0.717, 1.165) is 25.3 Å². The van der Waals surface area contributed by atoms with Crippen LogP contribution in [0.3, 0.4) is 0 Å². The van der Waals surface area contributed by atoms with Crippen molar-refractivity contribution in [2.45, 2.75) is 12.3 Å². The van der Waals surface area contributed by atoms with Crippen LogP contribution in [0.4, 0.5) is 0 Å². The summed E-state index contributed by atoms with van der Waals surface area (Å²) in [6, 6.07) is 6.34. The SMILES string of the molecule is Cc1cc2nc(Br)c(CBr)cc2cc1Br. The molecule has 15 heavy (non-hydrogen) atoms. The van der Waals surface area contributed by atoms with Gasteiger partial charge in [-0.2, -0.15) is 0 Å². The van der Waals surface area contributed by atoms with Gasteiger partial charge in [-0.1, -0.05) is 31.9 Å². The molecule has 2 aromatic rings. The van der Waals surface area contributed by atoms with Gasteiger partial charge in [0.2, 0.25) is 0 Å². The predicted molar refractivity (Wildman–Crippen MR) is 74.5 cm³/mol. The minimum absolute atomic E-state index is 0.808. The van der Waals surface area contributed by atoms with Gasteiger partial charge in [0.05, 0.1) is 5.52 Å². The molecule has 0 bridgehead atoms. The maximum absolute atomic E-state index is 4.51. The molecule has 2 rings (SSSR count). The molecule has 0 aliphatic rings. The van der Waals surface area contributed by atoms with Crippen LogP contribution in [0.2, 0.25) is 0 Å². The van der Waals surface area contributed by atoms with Crippen molar-refractivity contribution in [2.75, 3.05) is 0 Å². The zero-order valence-corrected chi connectivity index (χ0v) is 12.8. The molecule has 1 aromatic carbocycles. The first-order valence-electron chi connectivity index (χ1n) is 4.43. The standard InChI is InChI=1S/C11H8Br3N/c1-6-2-10-7(4-9(6)13)3-8(5-12)11(14)15-10/h2-4H,5H2,1H3. The number of hydrogen-bond acceptors (Lipinski definition) is 1. The summed E-state index contributed by atoms with van der Waals surface area (Å²) in [5, 5.41) is 1.97. The van der Waals surface area contributed by atoms with Crippen molar-refractivity contribution >= 4 is 58.7 Å². The van der Waals surface area contributed by atoms with Crippen LogP contribution < -0.4 is 0 Å². The Morgan fingerprint density at radius 1 is 1.20 bits per heavy atom.